The van der Waals surface area contributed by atoms with E-state index in [1.807, 2.05) is 0 Å². The summed E-state index contributed by atoms with van der Waals surface area (Å²) in [6.07, 6.45) is 1.93. The van der Waals surface area contributed by atoms with Crippen LogP contribution in [0, 0.1) is 18.6 Å². The smallest absolute Gasteiger partial charge is 0.127 e. The van der Waals surface area contributed by atoms with Crippen LogP contribution in [0.3, 0.4) is 0 Å². The molecule has 1 unspecified atom stereocenters. The van der Waals surface area contributed by atoms with Gasteiger partial charge in [0, 0.05) is 18.2 Å². The molecule has 1 N–H and O–H groups in total. The van der Waals surface area contributed by atoms with Gasteiger partial charge < -0.3 is 5.32 Å². The summed E-state index contributed by atoms with van der Waals surface area (Å²) < 4.78 is 26.6. The van der Waals surface area contributed by atoms with Gasteiger partial charge in [-0.3, -0.25) is 0 Å². The maximum absolute atomic E-state index is 13.5. The van der Waals surface area contributed by atoms with Crippen molar-refractivity contribution >= 4 is 0 Å². The Labute approximate surface area is 125 Å². The Morgan fingerprint density at radius 2 is 1.90 bits per heavy atom. The number of aryl methyl sites for hydroxylation is 2. The Balaban J connectivity index is 1.82. The third-order valence-corrected chi connectivity index (χ3v) is 3.60. The minimum absolute atomic E-state index is 0.244. The Hall–Kier alpha value is -1.74. The molecular formula is C18H21F2N. The van der Waals surface area contributed by atoms with Crippen molar-refractivity contribution in [1.29, 1.82) is 0 Å². The highest BCUT2D eigenvalue weighted by Crippen LogP contribution is 2.11. The summed E-state index contributed by atoms with van der Waals surface area (Å²) in [5.41, 5.74) is 2.94. The van der Waals surface area contributed by atoms with E-state index in [4.69, 9.17) is 0 Å². The second-order valence-electron chi connectivity index (χ2n) is 5.55. The van der Waals surface area contributed by atoms with Gasteiger partial charge in [0.25, 0.3) is 0 Å². The van der Waals surface area contributed by atoms with Gasteiger partial charge in [-0.15, -0.1) is 0 Å². The van der Waals surface area contributed by atoms with E-state index in [0.29, 0.717) is 12.1 Å². The minimum atomic E-state index is -0.402. The second kappa shape index (κ2) is 7.32. The van der Waals surface area contributed by atoms with E-state index in [2.05, 4.69) is 43.4 Å². The largest absolute Gasteiger partial charge is 0.310 e. The van der Waals surface area contributed by atoms with Crippen molar-refractivity contribution in [3.8, 4) is 0 Å². The molecule has 1 atom stereocenters. The Bertz CT molecular complexity index is 596. The molecule has 2 aromatic carbocycles. The molecule has 0 amide bonds. The first kappa shape index (κ1) is 15.6. The molecule has 21 heavy (non-hydrogen) atoms. The molecule has 0 fully saturated rings. The minimum Gasteiger partial charge on any atom is -0.310 e. The number of hydrogen-bond donors (Lipinski definition) is 1. The lowest BCUT2D eigenvalue weighted by Crippen LogP contribution is -2.26. The maximum Gasteiger partial charge on any atom is 0.127 e. The van der Waals surface area contributed by atoms with Crippen molar-refractivity contribution in [2.24, 2.45) is 0 Å². The van der Waals surface area contributed by atoms with E-state index in [1.54, 1.807) is 0 Å². The number of benzene rings is 2. The molecule has 3 heteroatoms. The zero-order valence-corrected chi connectivity index (χ0v) is 12.5. The lowest BCUT2D eigenvalue weighted by atomic mass is 10.0. The van der Waals surface area contributed by atoms with Crippen LogP contribution in [-0.2, 0) is 13.0 Å². The van der Waals surface area contributed by atoms with E-state index >= 15 is 0 Å². The average molecular weight is 289 g/mol. The molecule has 0 bridgehead atoms. The first-order chi connectivity index (χ1) is 10.0. The SMILES string of the molecule is Cc1cccc(CCC(C)NCc2cc(F)ccc2F)c1. The molecular weight excluding hydrogens is 268 g/mol. The van der Waals surface area contributed by atoms with Gasteiger partial charge in [0.15, 0.2) is 0 Å². The van der Waals surface area contributed by atoms with Crippen LogP contribution in [0.25, 0.3) is 0 Å². The van der Waals surface area contributed by atoms with Crippen LogP contribution in [0.4, 0.5) is 8.78 Å². The van der Waals surface area contributed by atoms with Gasteiger partial charge in [0.05, 0.1) is 0 Å². The van der Waals surface area contributed by atoms with E-state index in [9.17, 15) is 8.78 Å². The van der Waals surface area contributed by atoms with Crippen molar-refractivity contribution in [3.05, 3.63) is 70.8 Å². The van der Waals surface area contributed by atoms with Crippen molar-refractivity contribution in [1.82, 2.24) is 5.32 Å². The normalized spacial score (nSPS) is 12.4. The fourth-order valence-electron chi connectivity index (χ4n) is 2.32. The molecule has 0 heterocycles. The van der Waals surface area contributed by atoms with E-state index in [1.165, 1.54) is 23.3 Å². The third-order valence-electron chi connectivity index (χ3n) is 3.60. The summed E-state index contributed by atoms with van der Waals surface area (Å²) in [6.45, 7) is 4.49. The summed E-state index contributed by atoms with van der Waals surface area (Å²) in [7, 11) is 0. The summed E-state index contributed by atoms with van der Waals surface area (Å²) in [6, 6.07) is 12.2. The maximum atomic E-state index is 13.5. The quantitative estimate of drug-likeness (QED) is 0.832. The molecule has 0 aromatic heterocycles. The molecule has 0 aliphatic carbocycles. The van der Waals surface area contributed by atoms with Gasteiger partial charge in [-0.2, -0.15) is 0 Å². The van der Waals surface area contributed by atoms with Crippen LogP contribution in [0.15, 0.2) is 42.5 Å². The van der Waals surface area contributed by atoms with Gasteiger partial charge in [0.1, 0.15) is 11.6 Å². The molecule has 0 saturated carbocycles. The highest BCUT2D eigenvalue weighted by atomic mass is 19.1. The summed E-state index contributed by atoms with van der Waals surface area (Å²) >= 11 is 0. The Morgan fingerprint density at radius 3 is 2.67 bits per heavy atom. The van der Waals surface area contributed by atoms with E-state index in [0.717, 1.165) is 18.9 Å². The predicted octanol–water partition coefficient (Wildman–Crippen LogP) is 4.38. The molecule has 0 aliphatic rings. The fourth-order valence-corrected chi connectivity index (χ4v) is 2.32. The molecule has 0 aliphatic heterocycles. The van der Waals surface area contributed by atoms with Gasteiger partial charge in [0.2, 0.25) is 0 Å². The lowest BCUT2D eigenvalue weighted by molar-refractivity contribution is 0.497. The molecule has 2 rings (SSSR count). The summed E-state index contributed by atoms with van der Waals surface area (Å²) in [5, 5.41) is 3.25. The molecule has 112 valence electrons. The monoisotopic (exact) mass is 289 g/mol. The van der Waals surface area contributed by atoms with E-state index in [-0.39, 0.29) is 11.9 Å². The van der Waals surface area contributed by atoms with Gasteiger partial charge >= 0.3 is 0 Å². The topological polar surface area (TPSA) is 12.0 Å². The fraction of sp³-hybridized carbons (Fsp3) is 0.333. The summed E-state index contributed by atoms with van der Waals surface area (Å²) in [5.74, 6) is -0.768. The Kier molecular flexibility index (Phi) is 5.45. The molecule has 0 saturated heterocycles. The number of nitrogens with one attached hydrogen (secondary N) is 1. The van der Waals surface area contributed by atoms with Gasteiger partial charge in [-0.1, -0.05) is 29.8 Å². The van der Waals surface area contributed by atoms with Crippen LogP contribution in [0.5, 0.6) is 0 Å². The second-order valence-corrected chi connectivity index (χ2v) is 5.55. The zero-order chi connectivity index (χ0) is 15.2. The zero-order valence-electron chi connectivity index (χ0n) is 12.5. The van der Waals surface area contributed by atoms with Crippen molar-refractivity contribution < 1.29 is 8.78 Å². The molecule has 2 aromatic rings. The van der Waals surface area contributed by atoms with Gasteiger partial charge in [-0.25, -0.2) is 8.78 Å². The first-order valence-corrected chi connectivity index (χ1v) is 7.27. The van der Waals surface area contributed by atoms with Crippen molar-refractivity contribution in [3.63, 3.8) is 0 Å². The van der Waals surface area contributed by atoms with Crippen LogP contribution < -0.4 is 5.32 Å². The molecule has 0 spiro atoms. The molecule has 1 nitrogen and oxygen atoms in total. The third kappa shape index (κ3) is 4.94. The van der Waals surface area contributed by atoms with E-state index < -0.39 is 5.82 Å². The van der Waals surface area contributed by atoms with Crippen LogP contribution in [0.2, 0.25) is 0 Å². The number of halogens is 2. The molecule has 0 radical (unpaired) electrons. The van der Waals surface area contributed by atoms with Crippen molar-refractivity contribution in [2.45, 2.75) is 39.3 Å². The highest BCUT2D eigenvalue weighted by molar-refractivity contribution is 5.22. The lowest BCUT2D eigenvalue weighted by Gasteiger charge is -2.14. The van der Waals surface area contributed by atoms with Crippen LogP contribution >= 0.6 is 0 Å². The average Bonchev–Trinajstić information content (AvgIpc) is 2.46. The highest BCUT2D eigenvalue weighted by Gasteiger charge is 2.07. The van der Waals surface area contributed by atoms with Crippen LogP contribution in [-0.4, -0.2) is 6.04 Å². The Morgan fingerprint density at radius 1 is 1.10 bits per heavy atom. The number of rotatable bonds is 6. The first-order valence-electron chi connectivity index (χ1n) is 7.27. The standard InChI is InChI=1S/C18H21F2N/c1-13-4-3-5-15(10-13)7-6-14(2)21-12-16-11-17(19)8-9-18(16)20/h3-5,8-11,14,21H,6-7,12H2,1-2H3. The van der Waals surface area contributed by atoms with Crippen LogP contribution in [0.1, 0.15) is 30.0 Å². The van der Waals surface area contributed by atoms with Gasteiger partial charge in [-0.05, 0) is 50.5 Å². The predicted molar refractivity (Wildman–Crippen MR) is 82.2 cm³/mol. The van der Waals surface area contributed by atoms with Crippen molar-refractivity contribution in [2.75, 3.05) is 0 Å². The number of hydrogen-bond acceptors (Lipinski definition) is 1. The summed E-state index contributed by atoms with van der Waals surface area (Å²) in [4.78, 5) is 0.